The lowest BCUT2D eigenvalue weighted by molar-refractivity contribution is 0.0678. The zero-order valence-electron chi connectivity index (χ0n) is 9.41. The van der Waals surface area contributed by atoms with Crippen molar-refractivity contribution in [3.05, 3.63) is 30.1 Å². The maximum Gasteiger partial charge on any atom is 0.373 e. The Labute approximate surface area is 97.5 Å². The Kier molecular flexibility index (Phi) is 2.78. The lowest BCUT2D eigenvalue weighted by atomic mass is 10.2. The quantitative estimate of drug-likeness (QED) is 0.861. The summed E-state index contributed by atoms with van der Waals surface area (Å²) in [6.45, 7) is 0. The molecular weight excluding hydrogens is 222 g/mol. The lowest BCUT2D eigenvalue weighted by Gasteiger charge is -2.00. The van der Waals surface area contributed by atoms with Gasteiger partial charge in [0, 0.05) is 12.6 Å². The predicted octanol–water partition coefficient (Wildman–Crippen LogP) is 1.19. The molecule has 0 amide bonds. The van der Waals surface area contributed by atoms with E-state index in [9.17, 15) is 4.79 Å². The Bertz CT molecular complexity index is 563. The van der Waals surface area contributed by atoms with Gasteiger partial charge in [0.25, 0.3) is 0 Å². The van der Waals surface area contributed by atoms with Gasteiger partial charge in [-0.15, -0.1) is 0 Å². The minimum absolute atomic E-state index is 0.0946. The fraction of sp³-hybridized carbons (Fsp3) is 0.182. The molecule has 0 fully saturated rings. The Hall–Kier alpha value is -2.37. The normalized spacial score (nSPS) is 10.2. The van der Waals surface area contributed by atoms with Crippen molar-refractivity contribution in [1.82, 2.24) is 14.8 Å². The van der Waals surface area contributed by atoms with Gasteiger partial charge in [0.2, 0.25) is 5.82 Å². The number of rotatable bonds is 3. The average molecular weight is 233 g/mol. The summed E-state index contributed by atoms with van der Waals surface area (Å²) in [6, 6.07) is 7.14. The van der Waals surface area contributed by atoms with Gasteiger partial charge in [-0.1, -0.05) is 12.1 Å². The summed E-state index contributed by atoms with van der Waals surface area (Å²) in [4.78, 5) is 14.8. The molecule has 2 aromatic rings. The molecule has 0 saturated heterocycles. The molecule has 6 heteroatoms. The van der Waals surface area contributed by atoms with Crippen LogP contribution >= 0.6 is 0 Å². The maximum absolute atomic E-state index is 10.8. The van der Waals surface area contributed by atoms with Gasteiger partial charge in [-0.05, 0) is 12.1 Å². The van der Waals surface area contributed by atoms with Gasteiger partial charge in [-0.25, -0.2) is 14.5 Å². The highest BCUT2D eigenvalue weighted by Crippen LogP contribution is 2.20. The van der Waals surface area contributed by atoms with Crippen LogP contribution in [0.15, 0.2) is 24.3 Å². The van der Waals surface area contributed by atoms with Crippen LogP contribution in [0.1, 0.15) is 10.6 Å². The van der Waals surface area contributed by atoms with E-state index in [1.165, 1.54) is 4.68 Å². The number of ether oxygens (including phenoxy) is 1. The van der Waals surface area contributed by atoms with Crippen molar-refractivity contribution in [2.75, 3.05) is 7.11 Å². The summed E-state index contributed by atoms with van der Waals surface area (Å²) in [5, 5.41) is 12.9. The van der Waals surface area contributed by atoms with Crippen molar-refractivity contribution >= 4 is 5.97 Å². The number of carbonyl (C=O) groups is 1. The van der Waals surface area contributed by atoms with Crippen molar-refractivity contribution in [2.24, 2.45) is 7.05 Å². The van der Waals surface area contributed by atoms with Crippen molar-refractivity contribution in [3.8, 4) is 17.1 Å². The Morgan fingerprint density at radius 3 is 2.82 bits per heavy atom. The van der Waals surface area contributed by atoms with Crippen LogP contribution in [0.5, 0.6) is 5.75 Å². The number of aryl methyl sites for hydroxylation is 1. The number of nitrogens with zero attached hydrogens (tertiary/aromatic N) is 3. The second-order valence-corrected chi connectivity index (χ2v) is 3.42. The fourth-order valence-corrected chi connectivity index (χ4v) is 1.46. The average Bonchev–Trinajstić information content (AvgIpc) is 2.71. The monoisotopic (exact) mass is 233 g/mol. The molecule has 1 aromatic carbocycles. The van der Waals surface area contributed by atoms with Gasteiger partial charge in [0.1, 0.15) is 5.75 Å². The number of benzene rings is 1. The second kappa shape index (κ2) is 4.25. The second-order valence-electron chi connectivity index (χ2n) is 3.42. The molecule has 0 spiro atoms. The van der Waals surface area contributed by atoms with Crippen molar-refractivity contribution in [3.63, 3.8) is 0 Å². The van der Waals surface area contributed by atoms with Gasteiger partial charge >= 0.3 is 5.97 Å². The standard InChI is InChI=1S/C11H11N3O3/c1-14-10(11(15)16)12-9(13-14)7-4-3-5-8(6-7)17-2/h3-6H,1-2H3,(H,15,16). The first kappa shape index (κ1) is 11.1. The van der Waals surface area contributed by atoms with Gasteiger partial charge in [0.05, 0.1) is 7.11 Å². The molecule has 0 unspecified atom stereocenters. The summed E-state index contributed by atoms with van der Waals surface area (Å²) in [6.07, 6.45) is 0. The molecular formula is C11H11N3O3. The third-order valence-corrected chi connectivity index (χ3v) is 2.28. The molecule has 0 aliphatic rings. The van der Waals surface area contributed by atoms with Crippen LogP contribution < -0.4 is 4.74 Å². The summed E-state index contributed by atoms with van der Waals surface area (Å²) >= 11 is 0. The summed E-state index contributed by atoms with van der Waals surface area (Å²) < 4.78 is 6.32. The minimum atomic E-state index is -1.10. The van der Waals surface area contributed by atoms with E-state index in [2.05, 4.69) is 10.1 Å². The van der Waals surface area contributed by atoms with Crippen LogP contribution in [0.4, 0.5) is 0 Å². The van der Waals surface area contributed by atoms with E-state index in [1.54, 1.807) is 38.4 Å². The predicted molar refractivity (Wildman–Crippen MR) is 60.0 cm³/mol. The molecule has 1 N–H and O–H groups in total. The SMILES string of the molecule is COc1cccc(-c2nc(C(=O)O)n(C)n2)c1. The molecule has 0 aliphatic carbocycles. The molecule has 6 nitrogen and oxygen atoms in total. The highest BCUT2D eigenvalue weighted by molar-refractivity contribution is 5.84. The van der Waals surface area contributed by atoms with Crippen LogP contribution in [-0.2, 0) is 7.05 Å². The van der Waals surface area contributed by atoms with E-state index in [-0.39, 0.29) is 5.82 Å². The number of aromatic carboxylic acids is 1. The number of methoxy groups -OCH3 is 1. The third kappa shape index (κ3) is 2.10. The van der Waals surface area contributed by atoms with Gasteiger partial charge in [-0.3, -0.25) is 0 Å². The molecule has 0 bridgehead atoms. The van der Waals surface area contributed by atoms with Crippen molar-refractivity contribution in [2.45, 2.75) is 0 Å². The lowest BCUT2D eigenvalue weighted by Crippen LogP contribution is -2.06. The number of carboxylic acids is 1. The molecule has 0 aliphatic heterocycles. The zero-order chi connectivity index (χ0) is 12.4. The Balaban J connectivity index is 2.46. The van der Waals surface area contributed by atoms with E-state index in [0.717, 1.165) is 0 Å². The Morgan fingerprint density at radius 2 is 2.24 bits per heavy atom. The Morgan fingerprint density at radius 1 is 1.47 bits per heavy atom. The number of aromatic nitrogens is 3. The minimum Gasteiger partial charge on any atom is -0.497 e. The molecule has 0 saturated carbocycles. The summed E-state index contributed by atoms with van der Waals surface area (Å²) in [7, 11) is 3.10. The number of carboxylic acid groups (broad SMARTS) is 1. The molecule has 17 heavy (non-hydrogen) atoms. The number of hydrogen-bond acceptors (Lipinski definition) is 4. The summed E-state index contributed by atoms with van der Waals surface area (Å²) in [5.41, 5.74) is 0.715. The van der Waals surface area contributed by atoms with E-state index >= 15 is 0 Å². The molecule has 0 radical (unpaired) electrons. The highest BCUT2D eigenvalue weighted by Gasteiger charge is 2.15. The van der Waals surface area contributed by atoms with Crippen LogP contribution in [0.3, 0.4) is 0 Å². The fourth-order valence-electron chi connectivity index (χ4n) is 1.46. The van der Waals surface area contributed by atoms with Gasteiger partial charge in [-0.2, -0.15) is 5.10 Å². The third-order valence-electron chi connectivity index (χ3n) is 2.28. The largest absolute Gasteiger partial charge is 0.497 e. The van der Waals surface area contributed by atoms with E-state index in [4.69, 9.17) is 9.84 Å². The zero-order valence-corrected chi connectivity index (χ0v) is 9.41. The topological polar surface area (TPSA) is 77.2 Å². The van der Waals surface area contributed by atoms with Crippen molar-refractivity contribution in [1.29, 1.82) is 0 Å². The van der Waals surface area contributed by atoms with Gasteiger partial charge in [0.15, 0.2) is 5.82 Å². The maximum atomic E-state index is 10.8. The van der Waals surface area contributed by atoms with E-state index in [1.807, 2.05) is 0 Å². The van der Waals surface area contributed by atoms with Crippen LogP contribution in [0.2, 0.25) is 0 Å². The van der Waals surface area contributed by atoms with Crippen LogP contribution in [-0.4, -0.2) is 33.0 Å². The van der Waals surface area contributed by atoms with Crippen LogP contribution in [0, 0.1) is 0 Å². The molecule has 2 rings (SSSR count). The van der Waals surface area contributed by atoms with Crippen molar-refractivity contribution < 1.29 is 14.6 Å². The first-order valence-corrected chi connectivity index (χ1v) is 4.90. The molecule has 1 heterocycles. The van der Waals surface area contributed by atoms with E-state index < -0.39 is 5.97 Å². The molecule has 88 valence electrons. The smallest absolute Gasteiger partial charge is 0.373 e. The highest BCUT2D eigenvalue weighted by atomic mass is 16.5. The summed E-state index contributed by atoms with van der Waals surface area (Å²) in [5.74, 6) is -0.160. The first-order valence-electron chi connectivity index (χ1n) is 4.90. The molecule has 1 aromatic heterocycles. The molecule has 0 atom stereocenters. The number of hydrogen-bond donors (Lipinski definition) is 1. The van der Waals surface area contributed by atoms with E-state index in [0.29, 0.717) is 17.1 Å². The van der Waals surface area contributed by atoms with Gasteiger partial charge < -0.3 is 9.84 Å². The first-order chi connectivity index (χ1) is 8.11. The van der Waals surface area contributed by atoms with Crippen LogP contribution in [0.25, 0.3) is 11.4 Å².